The number of thiazole rings is 1. The van der Waals surface area contributed by atoms with Gasteiger partial charge in [-0.1, -0.05) is 0 Å². The highest BCUT2D eigenvalue weighted by Gasteiger charge is 2.14. The number of carbonyl (C=O) groups excluding carboxylic acids is 1. The van der Waals surface area contributed by atoms with Crippen LogP contribution in [0.2, 0.25) is 0 Å². The van der Waals surface area contributed by atoms with Gasteiger partial charge in [-0.05, 0) is 31.2 Å². The molecular weight excluding hydrogens is 267 g/mol. The monoisotopic (exact) mass is 280 g/mol. The molecule has 6 heteroatoms. The van der Waals surface area contributed by atoms with E-state index >= 15 is 0 Å². The van der Waals surface area contributed by atoms with Crippen LogP contribution in [0.4, 0.5) is 4.39 Å². The lowest BCUT2D eigenvalue weighted by Gasteiger charge is -2.10. The first-order valence-electron chi connectivity index (χ1n) is 5.67. The number of carbonyl (C=O) groups is 1. The van der Waals surface area contributed by atoms with Crippen LogP contribution in [-0.4, -0.2) is 16.6 Å². The highest BCUT2D eigenvalue weighted by molar-refractivity contribution is 7.07. The average Bonchev–Trinajstić information content (AvgIpc) is 2.78. The first kappa shape index (κ1) is 13.5. The van der Waals surface area contributed by atoms with Gasteiger partial charge >= 0.3 is 0 Å². The lowest BCUT2D eigenvalue weighted by Crippen LogP contribution is -2.25. The number of benzene rings is 1. The van der Waals surface area contributed by atoms with Gasteiger partial charge in [0.05, 0.1) is 0 Å². The van der Waals surface area contributed by atoms with Gasteiger partial charge in [0.15, 0.2) is 10.9 Å². The van der Waals surface area contributed by atoms with Crippen molar-refractivity contribution in [1.29, 1.82) is 0 Å². The molecular formula is C13H13FN2O2S. The molecule has 2 aromatic rings. The van der Waals surface area contributed by atoms with Gasteiger partial charge in [0.2, 0.25) is 0 Å². The third kappa shape index (κ3) is 3.51. The minimum Gasteiger partial charge on any atom is -0.481 e. The second-order valence-corrected chi connectivity index (χ2v) is 4.83. The second-order valence-electron chi connectivity index (χ2n) is 3.96. The molecule has 1 aromatic carbocycles. The summed E-state index contributed by atoms with van der Waals surface area (Å²) in [7, 11) is 1.81. The summed E-state index contributed by atoms with van der Waals surface area (Å²) >= 11 is 1.37. The van der Waals surface area contributed by atoms with Gasteiger partial charge in [-0.15, -0.1) is 11.3 Å². The average molecular weight is 280 g/mol. The van der Waals surface area contributed by atoms with E-state index in [4.69, 9.17) is 4.74 Å². The number of nitrogens with zero attached hydrogens (tertiary/aromatic N) is 2. The van der Waals surface area contributed by atoms with Crippen LogP contribution in [0.25, 0.3) is 0 Å². The Hall–Kier alpha value is -1.95. The minimum absolute atomic E-state index is 0.346. The molecule has 0 spiro atoms. The molecule has 1 amide bonds. The van der Waals surface area contributed by atoms with Gasteiger partial charge in [-0.2, -0.15) is 4.99 Å². The van der Waals surface area contributed by atoms with E-state index in [2.05, 4.69) is 4.99 Å². The van der Waals surface area contributed by atoms with Crippen LogP contribution < -0.4 is 9.54 Å². The van der Waals surface area contributed by atoms with Gasteiger partial charge in [0.1, 0.15) is 11.6 Å². The summed E-state index contributed by atoms with van der Waals surface area (Å²) in [6.07, 6.45) is 1.11. The number of rotatable bonds is 3. The van der Waals surface area contributed by atoms with Crippen molar-refractivity contribution >= 4 is 17.2 Å². The Morgan fingerprint density at radius 1 is 1.42 bits per heavy atom. The van der Waals surface area contributed by atoms with Crippen LogP contribution in [0, 0.1) is 5.82 Å². The molecule has 1 heterocycles. The number of aryl methyl sites for hydroxylation is 1. The summed E-state index contributed by atoms with van der Waals surface area (Å²) in [5.41, 5.74) is 0. The van der Waals surface area contributed by atoms with Gasteiger partial charge in [0.25, 0.3) is 5.91 Å². The highest BCUT2D eigenvalue weighted by Crippen LogP contribution is 2.13. The predicted molar refractivity (Wildman–Crippen MR) is 70.4 cm³/mol. The third-order valence-electron chi connectivity index (χ3n) is 2.44. The van der Waals surface area contributed by atoms with Crippen LogP contribution in [0.5, 0.6) is 5.75 Å². The largest absolute Gasteiger partial charge is 0.481 e. The van der Waals surface area contributed by atoms with Gasteiger partial charge in [-0.3, -0.25) is 4.79 Å². The van der Waals surface area contributed by atoms with Crippen LogP contribution in [0.15, 0.2) is 40.8 Å². The van der Waals surface area contributed by atoms with Gasteiger partial charge in [-0.25, -0.2) is 4.39 Å². The molecule has 4 nitrogen and oxygen atoms in total. The molecule has 0 saturated carbocycles. The molecule has 100 valence electrons. The quantitative estimate of drug-likeness (QED) is 0.864. The summed E-state index contributed by atoms with van der Waals surface area (Å²) in [4.78, 5) is 16.4. The highest BCUT2D eigenvalue weighted by atomic mass is 32.1. The second kappa shape index (κ2) is 5.79. The lowest BCUT2D eigenvalue weighted by atomic mass is 10.3. The van der Waals surface area contributed by atoms with E-state index in [0.29, 0.717) is 10.6 Å². The Kier molecular flexibility index (Phi) is 4.11. The van der Waals surface area contributed by atoms with Crippen molar-refractivity contribution in [3.63, 3.8) is 0 Å². The summed E-state index contributed by atoms with van der Waals surface area (Å²) in [6.45, 7) is 1.61. The van der Waals surface area contributed by atoms with Crippen molar-refractivity contribution in [2.24, 2.45) is 12.0 Å². The minimum atomic E-state index is -0.715. The van der Waals surface area contributed by atoms with Gasteiger partial charge in [0, 0.05) is 18.6 Å². The molecule has 0 fully saturated rings. The maximum Gasteiger partial charge on any atom is 0.289 e. The van der Waals surface area contributed by atoms with E-state index in [0.717, 1.165) is 0 Å². The predicted octanol–water partition coefficient (Wildman–Crippen LogP) is 2.12. The van der Waals surface area contributed by atoms with E-state index in [-0.39, 0.29) is 11.7 Å². The van der Waals surface area contributed by atoms with E-state index in [1.165, 1.54) is 35.6 Å². The molecule has 1 atom stereocenters. The van der Waals surface area contributed by atoms with E-state index in [1.807, 2.05) is 18.6 Å². The smallest absolute Gasteiger partial charge is 0.289 e. The molecule has 0 aliphatic heterocycles. The van der Waals surface area contributed by atoms with Crippen LogP contribution >= 0.6 is 11.3 Å². The number of hydrogen-bond acceptors (Lipinski definition) is 3. The van der Waals surface area contributed by atoms with E-state index < -0.39 is 6.10 Å². The fourth-order valence-electron chi connectivity index (χ4n) is 1.39. The Bertz CT molecular complexity index is 631. The first-order valence-corrected chi connectivity index (χ1v) is 6.55. The molecule has 0 saturated heterocycles. The topological polar surface area (TPSA) is 43.6 Å². The summed E-state index contributed by atoms with van der Waals surface area (Å²) in [5.74, 6) is -0.281. The number of amides is 1. The standard InChI is InChI=1S/C13H13FN2O2S/c1-9(18-11-5-3-10(14)4-6-11)12(17)15-13-16(2)7-8-19-13/h3-9H,1-2H3/t9-/m1/s1. The zero-order valence-corrected chi connectivity index (χ0v) is 11.4. The van der Waals surface area contributed by atoms with Crippen molar-refractivity contribution in [3.8, 4) is 5.75 Å². The normalized spacial score (nSPS) is 13.3. The molecule has 2 rings (SSSR count). The molecule has 0 bridgehead atoms. The lowest BCUT2D eigenvalue weighted by molar-refractivity contribution is -0.124. The molecule has 0 N–H and O–H groups in total. The van der Waals surface area contributed by atoms with Crippen molar-refractivity contribution in [3.05, 3.63) is 46.5 Å². The Morgan fingerprint density at radius 3 is 2.68 bits per heavy atom. The van der Waals surface area contributed by atoms with Crippen molar-refractivity contribution < 1.29 is 13.9 Å². The van der Waals surface area contributed by atoms with Crippen molar-refractivity contribution in [1.82, 2.24) is 4.57 Å². The van der Waals surface area contributed by atoms with Crippen LogP contribution in [0.3, 0.4) is 0 Å². The van der Waals surface area contributed by atoms with Gasteiger partial charge < -0.3 is 9.30 Å². The van der Waals surface area contributed by atoms with Crippen molar-refractivity contribution in [2.45, 2.75) is 13.0 Å². The zero-order valence-electron chi connectivity index (χ0n) is 10.5. The maximum atomic E-state index is 12.7. The van der Waals surface area contributed by atoms with Crippen LogP contribution in [0.1, 0.15) is 6.92 Å². The summed E-state index contributed by atoms with van der Waals surface area (Å²) in [5, 5.41) is 1.84. The fourth-order valence-corrected chi connectivity index (χ4v) is 2.12. The number of hydrogen-bond donors (Lipinski definition) is 0. The maximum absolute atomic E-state index is 12.7. The summed E-state index contributed by atoms with van der Waals surface area (Å²) in [6, 6.07) is 5.51. The Balaban J connectivity index is 2.08. The molecule has 0 aliphatic carbocycles. The van der Waals surface area contributed by atoms with E-state index in [9.17, 15) is 9.18 Å². The Labute approximate surface area is 113 Å². The third-order valence-corrected chi connectivity index (χ3v) is 3.29. The van der Waals surface area contributed by atoms with Crippen molar-refractivity contribution in [2.75, 3.05) is 0 Å². The van der Waals surface area contributed by atoms with Crippen LogP contribution in [-0.2, 0) is 11.8 Å². The molecule has 19 heavy (non-hydrogen) atoms. The fraction of sp³-hybridized carbons (Fsp3) is 0.231. The number of ether oxygens (including phenoxy) is 1. The molecule has 1 aromatic heterocycles. The Morgan fingerprint density at radius 2 is 2.11 bits per heavy atom. The molecule has 0 unspecified atom stereocenters. The first-order chi connectivity index (χ1) is 9.06. The van der Waals surface area contributed by atoms with E-state index in [1.54, 1.807) is 11.5 Å². The number of aromatic nitrogens is 1. The molecule has 0 aliphatic rings. The number of halogens is 1. The summed E-state index contributed by atoms with van der Waals surface area (Å²) < 4.78 is 19.9. The molecule has 0 radical (unpaired) electrons. The SMILES string of the molecule is C[C@@H](Oc1ccc(F)cc1)C(=O)N=c1sccn1C. The zero-order chi connectivity index (χ0) is 13.8.